The van der Waals surface area contributed by atoms with Crippen molar-refractivity contribution in [3.63, 3.8) is 0 Å². The van der Waals surface area contributed by atoms with Crippen LogP contribution in [0.3, 0.4) is 0 Å². The van der Waals surface area contributed by atoms with Crippen molar-refractivity contribution < 1.29 is 9.90 Å². The van der Waals surface area contributed by atoms with Crippen LogP contribution in [-0.2, 0) is 4.79 Å². The molecule has 1 atom stereocenters. The van der Waals surface area contributed by atoms with Gasteiger partial charge < -0.3 is 5.11 Å². The Bertz CT molecular complexity index is 96.7. The molecule has 0 bridgehead atoms. The van der Waals surface area contributed by atoms with E-state index >= 15 is 0 Å². The number of aliphatic hydroxyl groups is 1. The normalized spacial score (nSPS) is 12.8. The molecule has 0 heterocycles. The maximum atomic E-state index is 9.89. The lowest BCUT2D eigenvalue weighted by Gasteiger charge is -2.02. The average molecular weight is 114 g/mol. The van der Waals surface area contributed by atoms with E-state index in [4.69, 9.17) is 5.11 Å². The summed E-state index contributed by atoms with van der Waals surface area (Å²) in [7, 11) is 0. The van der Waals surface area contributed by atoms with E-state index in [1.165, 1.54) is 0 Å². The minimum absolute atomic E-state index is 0.00241. The molecule has 2 nitrogen and oxygen atoms in total. The summed E-state index contributed by atoms with van der Waals surface area (Å²) >= 11 is 0. The minimum atomic E-state index is -0.0903. The van der Waals surface area contributed by atoms with Crippen molar-refractivity contribution in [2.24, 2.45) is 5.92 Å². The maximum absolute atomic E-state index is 9.89. The molecule has 0 saturated carbocycles. The smallest absolute Gasteiger partial charge is 0.145 e. The number of aldehydes is 1. The van der Waals surface area contributed by atoms with Gasteiger partial charge in [0.25, 0.3) is 0 Å². The summed E-state index contributed by atoms with van der Waals surface area (Å²) in [6, 6.07) is 0. The Labute approximate surface area is 48.8 Å². The zero-order valence-electron chi connectivity index (χ0n) is 4.92. The van der Waals surface area contributed by atoms with Gasteiger partial charge in [0, 0.05) is 12.5 Å². The lowest BCUT2D eigenvalue weighted by Crippen LogP contribution is -2.03. The molecule has 0 radical (unpaired) electrons. The fourth-order valence-corrected chi connectivity index (χ4v) is 0.233. The maximum Gasteiger partial charge on any atom is 0.145 e. The van der Waals surface area contributed by atoms with Gasteiger partial charge in [-0.1, -0.05) is 13.5 Å². The van der Waals surface area contributed by atoms with E-state index < -0.39 is 0 Å². The van der Waals surface area contributed by atoms with Crippen molar-refractivity contribution in [2.45, 2.75) is 6.92 Å². The molecule has 0 aromatic carbocycles. The van der Waals surface area contributed by atoms with E-state index in [1.54, 1.807) is 6.92 Å². The fourth-order valence-electron chi connectivity index (χ4n) is 0.233. The second kappa shape index (κ2) is 3.38. The van der Waals surface area contributed by atoms with Gasteiger partial charge >= 0.3 is 0 Å². The van der Waals surface area contributed by atoms with Crippen molar-refractivity contribution in [1.82, 2.24) is 0 Å². The molecule has 46 valence electrons. The Morgan fingerprint density at radius 2 is 2.50 bits per heavy atom. The quantitative estimate of drug-likeness (QED) is 0.425. The second-order valence-electron chi connectivity index (χ2n) is 1.78. The fraction of sp³-hybridized carbons (Fsp3) is 0.500. The number of hydrogen-bond acceptors (Lipinski definition) is 2. The molecule has 1 unspecified atom stereocenters. The topological polar surface area (TPSA) is 37.3 Å². The van der Waals surface area contributed by atoms with Crippen molar-refractivity contribution in [3.8, 4) is 0 Å². The summed E-state index contributed by atoms with van der Waals surface area (Å²) in [5, 5.41) is 8.42. The van der Waals surface area contributed by atoms with Gasteiger partial charge in [-0.25, -0.2) is 0 Å². The molecule has 1 N–H and O–H groups in total. The number of rotatable bonds is 3. The molecule has 0 aromatic rings. The van der Waals surface area contributed by atoms with Crippen LogP contribution in [-0.4, -0.2) is 18.0 Å². The SMILES string of the molecule is C=C(C=O)C(C)CO. The minimum Gasteiger partial charge on any atom is -0.396 e. The van der Waals surface area contributed by atoms with E-state index in [0.29, 0.717) is 11.9 Å². The summed E-state index contributed by atoms with van der Waals surface area (Å²) in [6.45, 7) is 5.16. The Morgan fingerprint density at radius 1 is 2.00 bits per heavy atom. The zero-order valence-corrected chi connectivity index (χ0v) is 4.92. The Kier molecular flexibility index (Phi) is 3.12. The van der Waals surface area contributed by atoms with Gasteiger partial charge in [0.2, 0.25) is 0 Å². The molecular formula is C6H10O2. The number of hydrogen-bond donors (Lipinski definition) is 1. The molecule has 0 amide bonds. The van der Waals surface area contributed by atoms with E-state index in [-0.39, 0.29) is 12.5 Å². The Morgan fingerprint density at radius 3 is 2.62 bits per heavy atom. The lowest BCUT2D eigenvalue weighted by molar-refractivity contribution is -0.105. The third-order valence-corrected chi connectivity index (χ3v) is 1.06. The molecule has 0 saturated heterocycles. The predicted octanol–water partition coefficient (Wildman–Crippen LogP) is 0.370. The van der Waals surface area contributed by atoms with E-state index in [1.807, 2.05) is 0 Å². The van der Waals surface area contributed by atoms with E-state index in [0.717, 1.165) is 0 Å². The highest BCUT2D eigenvalue weighted by molar-refractivity contribution is 5.72. The molecule has 0 aromatic heterocycles. The summed E-state index contributed by atoms with van der Waals surface area (Å²) in [5.74, 6) is -0.0903. The van der Waals surface area contributed by atoms with Gasteiger partial charge in [-0.05, 0) is 5.57 Å². The highest BCUT2D eigenvalue weighted by Gasteiger charge is 2.01. The lowest BCUT2D eigenvalue weighted by atomic mass is 10.1. The molecule has 0 aliphatic heterocycles. The molecule has 0 aliphatic rings. The molecule has 2 heteroatoms. The van der Waals surface area contributed by atoms with Crippen molar-refractivity contribution in [3.05, 3.63) is 12.2 Å². The first-order chi connectivity index (χ1) is 3.72. The van der Waals surface area contributed by atoms with Gasteiger partial charge in [-0.2, -0.15) is 0 Å². The molecule has 0 aliphatic carbocycles. The van der Waals surface area contributed by atoms with Gasteiger partial charge in [0.1, 0.15) is 6.29 Å². The second-order valence-corrected chi connectivity index (χ2v) is 1.78. The van der Waals surface area contributed by atoms with Crippen LogP contribution in [0.5, 0.6) is 0 Å². The van der Waals surface area contributed by atoms with Crippen LogP contribution >= 0.6 is 0 Å². The van der Waals surface area contributed by atoms with Crippen LogP contribution in [0.25, 0.3) is 0 Å². The summed E-state index contributed by atoms with van der Waals surface area (Å²) in [5.41, 5.74) is 0.451. The molecular weight excluding hydrogens is 104 g/mol. The first-order valence-corrected chi connectivity index (χ1v) is 2.47. The molecule has 0 fully saturated rings. The molecule has 0 spiro atoms. The third-order valence-electron chi connectivity index (χ3n) is 1.06. The Hall–Kier alpha value is -0.630. The van der Waals surface area contributed by atoms with Gasteiger partial charge in [-0.15, -0.1) is 0 Å². The highest BCUT2D eigenvalue weighted by Crippen LogP contribution is 2.01. The van der Waals surface area contributed by atoms with Crippen LogP contribution in [0.4, 0.5) is 0 Å². The van der Waals surface area contributed by atoms with Crippen LogP contribution < -0.4 is 0 Å². The summed E-state index contributed by atoms with van der Waals surface area (Å²) < 4.78 is 0. The van der Waals surface area contributed by atoms with E-state index in [2.05, 4.69) is 6.58 Å². The standard InChI is InChI=1S/C6H10O2/c1-5(3-7)6(2)4-8/h3,6,8H,1,4H2,2H3. The summed E-state index contributed by atoms with van der Waals surface area (Å²) in [6.07, 6.45) is 0.668. The highest BCUT2D eigenvalue weighted by atomic mass is 16.3. The first kappa shape index (κ1) is 7.37. The number of carbonyl (C=O) groups excluding carboxylic acids is 1. The zero-order chi connectivity index (χ0) is 6.57. The third kappa shape index (κ3) is 1.89. The van der Waals surface area contributed by atoms with Crippen LogP contribution in [0.2, 0.25) is 0 Å². The largest absolute Gasteiger partial charge is 0.396 e. The monoisotopic (exact) mass is 114 g/mol. The predicted molar refractivity (Wildman–Crippen MR) is 31.5 cm³/mol. The summed E-state index contributed by atoms with van der Waals surface area (Å²) in [4.78, 5) is 9.89. The van der Waals surface area contributed by atoms with Gasteiger partial charge in [0.15, 0.2) is 0 Å². The van der Waals surface area contributed by atoms with Crippen molar-refractivity contribution >= 4 is 6.29 Å². The number of carbonyl (C=O) groups is 1. The van der Waals surface area contributed by atoms with Crippen LogP contribution in [0.1, 0.15) is 6.92 Å². The number of aliphatic hydroxyl groups excluding tert-OH is 1. The van der Waals surface area contributed by atoms with Gasteiger partial charge in [-0.3, -0.25) is 4.79 Å². The first-order valence-electron chi connectivity index (χ1n) is 2.47. The van der Waals surface area contributed by atoms with Crippen molar-refractivity contribution in [1.29, 1.82) is 0 Å². The Balaban J connectivity index is 3.62. The molecule has 0 rings (SSSR count). The van der Waals surface area contributed by atoms with Gasteiger partial charge in [0.05, 0.1) is 0 Å². The average Bonchev–Trinajstić information content (AvgIpc) is 1.84. The molecule has 8 heavy (non-hydrogen) atoms. The van der Waals surface area contributed by atoms with Crippen LogP contribution in [0.15, 0.2) is 12.2 Å². The van der Waals surface area contributed by atoms with Crippen LogP contribution in [0, 0.1) is 5.92 Å². The van der Waals surface area contributed by atoms with E-state index in [9.17, 15) is 4.79 Å². The van der Waals surface area contributed by atoms with Crippen molar-refractivity contribution in [2.75, 3.05) is 6.61 Å².